The highest BCUT2D eigenvalue weighted by Crippen LogP contribution is 2.28. The van der Waals surface area contributed by atoms with E-state index in [4.69, 9.17) is 9.47 Å². The second-order valence-corrected chi connectivity index (χ2v) is 9.35. The van der Waals surface area contributed by atoms with Crippen LogP contribution in [0.25, 0.3) is 0 Å². The van der Waals surface area contributed by atoms with Gasteiger partial charge >= 0.3 is 0 Å². The molecule has 0 atom stereocenters. The van der Waals surface area contributed by atoms with Crippen LogP contribution in [0.3, 0.4) is 0 Å². The van der Waals surface area contributed by atoms with Gasteiger partial charge in [-0.05, 0) is 55.8 Å². The molecule has 0 unspecified atom stereocenters. The molecule has 2 aromatic carbocycles. The van der Waals surface area contributed by atoms with Crippen molar-refractivity contribution in [3.63, 3.8) is 0 Å². The van der Waals surface area contributed by atoms with Gasteiger partial charge in [0.2, 0.25) is 12.7 Å². The lowest BCUT2D eigenvalue weighted by molar-refractivity contribution is -0.671. The van der Waals surface area contributed by atoms with Gasteiger partial charge in [0, 0.05) is 24.0 Å². The summed E-state index contributed by atoms with van der Waals surface area (Å²) in [6.07, 6.45) is 14.2. The van der Waals surface area contributed by atoms with Crippen molar-refractivity contribution in [1.29, 1.82) is 0 Å². The summed E-state index contributed by atoms with van der Waals surface area (Å²) in [5.41, 5.74) is 3.78. The molecule has 0 radical (unpaired) electrons. The van der Waals surface area contributed by atoms with Crippen molar-refractivity contribution in [3.8, 4) is 35.2 Å². The van der Waals surface area contributed by atoms with Crippen LogP contribution in [0.1, 0.15) is 49.4 Å². The first-order chi connectivity index (χ1) is 18.5. The van der Waals surface area contributed by atoms with E-state index in [1.807, 2.05) is 78.9 Å². The van der Waals surface area contributed by atoms with Gasteiger partial charge in [-0.1, -0.05) is 25.2 Å². The first kappa shape index (κ1) is 29.1. The molecule has 0 spiro atoms. The van der Waals surface area contributed by atoms with Gasteiger partial charge < -0.3 is 9.47 Å². The number of aryl methyl sites for hydroxylation is 5. The zero-order valence-electron chi connectivity index (χ0n) is 22.8. The molecule has 39 heavy (non-hydrogen) atoms. The van der Waals surface area contributed by atoms with Gasteiger partial charge in [0.25, 0.3) is 0 Å². The lowest BCUT2D eigenvalue weighted by Gasteiger charge is -2.14. The minimum atomic E-state index is 0. The summed E-state index contributed by atoms with van der Waals surface area (Å²) in [6.45, 7) is 6.93. The fraction of sp³-hybridized carbons (Fsp3) is 0.333. The highest BCUT2D eigenvalue weighted by atomic mass is 16.5. The standard InChI is InChI=1S/C32H36N4O2.CH4/c1-5-8-28-9-11-29(12-10-28)13-14-30-24-31(37-21-6-15-35-19-17-33(3)25-35)27(2)23-32(30)38-22-7-16-36-20-18-34(4)26-36;/h9-12,17-20,23-26H,6-7,15-16,21-22H2,1-4H3;1H4/q+2;. The largest absolute Gasteiger partial charge is 0.493 e. The average Bonchev–Trinajstić information content (AvgIpc) is 3.53. The molecule has 202 valence electrons. The van der Waals surface area contributed by atoms with Gasteiger partial charge in [0.1, 0.15) is 36.3 Å². The maximum Gasteiger partial charge on any atom is 0.243 e. The molecule has 0 N–H and O–H groups in total. The average molecular weight is 525 g/mol. The third-order valence-electron chi connectivity index (χ3n) is 6.06. The molecule has 0 saturated carbocycles. The van der Waals surface area contributed by atoms with E-state index < -0.39 is 0 Å². The third kappa shape index (κ3) is 8.83. The predicted molar refractivity (Wildman–Crippen MR) is 154 cm³/mol. The highest BCUT2D eigenvalue weighted by Gasteiger charge is 2.10. The quantitative estimate of drug-likeness (QED) is 0.173. The molecule has 4 rings (SSSR count). The van der Waals surface area contributed by atoms with E-state index in [0.29, 0.717) is 13.2 Å². The molecule has 0 amide bonds. The van der Waals surface area contributed by atoms with Crippen LogP contribution in [0, 0.1) is 30.6 Å². The molecule has 0 aliphatic rings. The summed E-state index contributed by atoms with van der Waals surface area (Å²) in [5, 5.41) is 0. The van der Waals surface area contributed by atoms with Crippen molar-refractivity contribution in [2.45, 2.75) is 47.2 Å². The Morgan fingerprint density at radius 2 is 1.28 bits per heavy atom. The topological polar surface area (TPSA) is 36.1 Å². The molecule has 4 aromatic rings. The van der Waals surface area contributed by atoms with Crippen LogP contribution < -0.4 is 18.6 Å². The van der Waals surface area contributed by atoms with Crippen molar-refractivity contribution in [1.82, 2.24) is 9.13 Å². The number of ether oxygens (including phenoxy) is 2. The number of benzene rings is 2. The minimum Gasteiger partial charge on any atom is -0.493 e. The lowest BCUT2D eigenvalue weighted by atomic mass is 10.1. The molecule has 2 heterocycles. The smallest absolute Gasteiger partial charge is 0.243 e. The first-order valence-electron chi connectivity index (χ1n) is 13.0. The Morgan fingerprint density at radius 1 is 0.744 bits per heavy atom. The van der Waals surface area contributed by atoms with Crippen molar-refractivity contribution in [2.24, 2.45) is 14.1 Å². The molecular weight excluding hydrogens is 484 g/mol. The van der Waals surface area contributed by atoms with E-state index in [1.54, 1.807) is 0 Å². The van der Waals surface area contributed by atoms with Gasteiger partial charge in [-0.25, -0.2) is 18.3 Å². The van der Waals surface area contributed by atoms with Gasteiger partial charge in [-0.3, -0.25) is 0 Å². The van der Waals surface area contributed by atoms with Crippen LogP contribution in [0.2, 0.25) is 0 Å². The van der Waals surface area contributed by atoms with Crippen LogP contribution in [0.15, 0.2) is 73.8 Å². The van der Waals surface area contributed by atoms with E-state index in [2.05, 4.69) is 64.8 Å². The predicted octanol–water partition coefficient (Wildman–Crippen LogP) is 4.59. The van der Waals surface area contributed by atoms with Crippen LogP contribution in [-0.2, 0) is 27.2 Å². The monoisotopic (exact) mass is 524 g/mol. The Labute approximate surface area is 233 Å². The Bertz CT molecular complexity index is 1470. The van der Waals surface area contributed by atoms with E-state index in [0.717, 1.165) is 59.7 Å². The minimum absolute atomic E-state index is 0. The Kier molecular flexibility index (Phi) is 10.8. The van der Waals surface area contributed by atoms with Gasteiger partial charge in [0.15, 0.2) is 0 Å². The number of aromatic nitrogens is 4. The maximum atomic E-state index is 6.22. The SMILES string of the molecule is C.CC#Cc1ccc(C#Cc2cc(OCCCn3cc[n+](C)c3)c(C)cc2OCCCn2cc[n+](C)c2)cc1. The summed E-state index contributed by atoms with van der Waals surface area (Å²) in [6, 6.07) is 12.0. The fourth-order valence-corrected chi connectivity index (χ4v) is 4.08. The van der Waals surface area contributed by atoms with Crippen molar-refractivity contribution < 1.29 is 18.6 Å². The molecule has 0 saturated heterocycles. The van der Waals surface area contributed by atoms with E-state index in [1.165, 1.54) is 0 Å². The maximum absolute atomic E-state index is 6.22. The molecule has 6 heteroatoms. The molecule has 0 fully saturated rings. The number of hydrogen-bond donors (Lipinski definition) is 0. The van der Waals surface area contributed by atoms with Crippen molar-refractivity contribution in [2.75, 3.05) is 13.2 Å². The van der Waals surface area contributed by atoms with E-state index in [9.17, 15) is 0 Å². The molecular formula is C33H40N4O2+2. The van der Waals surface area contributed by atoms with Gasteiger partial charge in [-0.15, -0.1) is 5.92 Å². The normalized spacial score (nSPS) is 10.1. The summed E-state index contributed by atoms with van der Waals surface area (Å²) < 4.78 is 20.8. The molecule has 0 aliphatic carbocycles. The summed E-state index contributed by atoms with van der Waals surface area (Å²) >= 11 is 0. The van der Waals surface area contributed by atoms with Crippen LogP contribution in [-0.4, -0.2) is 22.3 Å². The van der Waals surface area contributed by atoms with Crippen LogP contribution >= 0.6 is 0 Å². The Morgan fingerprint density at radius 3 is 1.79 bits per heavy atom. The second kappa shape index (κ2) is 14.5. The van der Waals surface area contributed by atoms with Crippen LogP contribution in [0.5, 0.6) is 11.5 Å². The Hall–Kier alpha value is -4.42. The number of hydrogen-bond acceptors (Lipinski definition) is 2. The van der Waals surface area contributed by atoms with Crippen molar-refractivity contribution >= 4 is 0 Å². The van der Waals surface area contributed by atoms with E-state index >= 15 is 0 Å². The molecule has 0 bridgehead atoms. The lowest BCUT2D eigenvalue weighted by Crippen LogP contribution is -2.23. The highest BCUT2D eigenvalue weighted by molar-refractivity contribution is 5.55. The van der Waals surface area contributed by atoms with Crippen molar-refractivity contribution in [3.05, 3.63) is 96.1 Å². The summed E-state index contributed by atoms with van der Waals surface area (Å²) in [5.74, 6) is 14.2. The zero-order chi connectivity index (χ0) is 26.7. The third-order valence-corrected chi connectivity index (χ3v) is 6.06. The number of rotatable bonds is 10. The second-order valence-electron chi connectivity index (χ2n) is 9.35. The summed E-state index contributed by atoms with van der Waals surface area (Å²) in [4.78, 5) is 0. The van der Waals surface area contributed by atoms with Gasteiger partial charge in [-0.2, -0.15) is 0 Å². The van der Waals surface area contributed by atoms with Gasteiger partial charge in [0.05, 0.1) is 46.0 Å². The summed E-state index contributed by atoms with van der Waals surface area (Å²) in [7, 11) is 4.05. The first-order valence-corrected chi connectivity index (χ1v) is 13.0. The molecule has 0 aliphatic heterocycles. The zero-order valence-corrected chi connectivity index (χ0v) is 22.8. The molecule has 6 nitrogen and oxygen atoms in total. The Balaban J connectivity index is 0.00000420. The number of imidazole rings is 2. The number of nitrogens with zero attached hydrogens (tertiary/aromatic N) is 4. The fourth-order valence-electron chi connectivity index (χ4n) is 4.08. The van der Waals surface area contributed by atoms with Crippen LogP contribution in [0.4, 0.5) is 0 Å². The van der Waals surface area contributed by atoms with E-state index in [-0.39, 0.29) is 7.43 Å². The molecule has 2 aromatic heterocycles.